The van der Waals surface area contributed by atoms with Crippen molar-refractivity contribution in [2.24, 2.45) is 0 Å². The Labute approximate surface area is 263 Å². The first kappa shape index (κ1) is 25.2. The highest BCUT2D eigenvalue weighted by molar-refractivity contribution is 6.27. The van der Waals surface area contributed by atoms with Gasteiger partial charge in [0.2, 0.25) is 5.43 Å². The quantitative estimate of drug-likeness (QED) is 0.193. The third-order valence-electron chi connectivity index (χ3n) is 9.53. The molecular formula is C43H25NO2. The molecule has 0 N–H and O–H groups in total. The fourth-order valence-corrected chi connectivity index (χ4v) is 7.43. The van der Waals surface area contributed by atoms with Gasteiger partial charge >= 0.3 is 0 Å². The van der Waals surface area contributed by atoms with Gasteiger partial charge in [-0.15, -0.1) is 0 Å². The van der Waals surface area contributed by atoms with Gasteiger partial charge in [-0.05, 0) is 81.9 Å². The van der Waals surface area contributed by atoms with Gasteiger partial charge in [0.1, 0.15) is 11.2 Å². The van der Waals surface area contributed by atoms with Crippen LogP contribution in [0.2, 0.25) is 0 Å². The first-order valence-electron chi connectivity index (χ1n) is 15.6. The van der Waals surface area contributed by atoms with Crippen molar-refractivity contribution in [3.05, 3.63) is 162 Å². The second-order valence-electron chi connectivity index (χ2n) is 12.1. The molecule has 0 saturated heterocycles. The Morgan fingerprint density at radius 1 is 0.413 bits per heavy atom. The molecule has 7 aromatic carbocycles. The first-order chi connectivity index (χ1) is 22.7. The van der Waals surface area contributed by atoms with E-state index in [1.54, 1.807) is 0 Å². The minimum absolute atomic E-state index is 0.00141. The SMILES string of the molecule is O=c1c2ccccc2oc2cc(-c3cccc(-c4cccc(-c5ccc6c7ccccc7n7c8ccccc8c5c67)c4)c3)ccc12. The van der Waals surface area contributed by atoms with Gasteiger partial charge in [0.05, 0.1) is 27.3 Å². The van der Waals surface area contributed by atoms with Crippen molar-refractivity contribution >= 4 is 60.0 Å². The monoisotopic (exact) mass is 587 g/mol. The van der Waals surface area contributed by atoms with Crippen LogP contribution in [0.15, 0.2) is 161 Å². The van der Waals surface area contributed by atoms with E-state index >= 15 is 0 Å². The van der Waals surface area contributed by atoms with E-state index in [-0.39, 0.29) is 5.43 Å². The molecule has 3 aromatic heterocycles. The van der Waals surface area contributed by atoms with Crippen LogP contribution in [0.3, 0.4) is 0 Å². The third-order valence-corrected chi connectivity index (χ3v) is 9.53. The van der Waals surface area contributed by atoms with Crippen LogP contribution in [0.4, 0.5) is 0 Å². The first-order valence-corrected chi connectivity index (χ1v) is 15.6. The van der Waals surface area contributed by atoms with Crippen molar-refractivity contribution in [3.63, 3.8) is 0 Å². The summed E-state index contributed by atoms with van der Waals surface area (Å²) in [7, 11) is 0. The standard InChI is InChI=1S/C43H25NO2/c45-43-35-15-3-6-18-39(35)46-40-25-29(19-20-36(40)43)27-10-7-9-26(23-27)28-11-8-12-30(24-28)31-21-22-33-32-13-1-4-16-37(32)44-38-17-5-2-14-34(38)41(31)42(33)44/h1-25H. The van der Waals surface area contributed by atoms with Crippen LogP contribution in [-0.2, 0) is 0 Å². The minimum Gasteiger partial charge on any atom is -0.456 e. The van der Waals surface area contributed by atoms with Gasteiger partial charge in [-0.1, -0.05) is 103 Å². The van der Waals surface area contributed by atoms with Gasteiger partial charge in [0.25, 0.3) is 0 Å². The van der Waals surface area contributed by atoms with Crippen LogP contribution in [-0.4, -0.2) is 4.40 Å². The molecule has 3 heterocycles. The molecule has 46 heavy (non-hydrogen) atoms. The van der Waals surface area contributed by atoms with Gasteiger partial charge in [-0.25, -0.2) is 0 Å². The third kappa shape index (κ3) is 3.51. The van der Waals surface area contributed by atoms with Crippen LogP contribution in [0, 0.1) is 0 Å². The van der Waals surface area contributed by atoms with Crippen LogP contribution in [0.1, 0.15) is 0 Å². The molecule has 0 saturated carbocycles. The van der Waals surface area contributed by atoms with Crippen LogP contribution in [0.5, 0.6) is 0 Å². The summed E-state index contributed by atoms with van der Waals surface area (Å²) < 4.78 is 8.60. The van der Waals surface area contributed by atoms with Gasteiger partial charge in [0, 0.05) is 21.5 Å². The molecular weight excluding hydrogens is 562 g/mol. The maximum atomic E-state index is 13.1. The summed E-state index contributed by atoms with van der Waals surface area (Å²) in [5, 5.41) is 6.33. The molecule has 0 aliphatic carbocycles. The number of hydrogen-bond donors (Lipinski definition) is 0. The van der Waals surface area contributed by atoms with E-state index < -0.39 is 0 Å². The predicted octanol–water partition coefficient (Wildman–Crippen LogP) is 11.1. The average Bonchev–Trinajstić information content (AvgIpc) is 3.64. The summed E-state index contributed by atoms with van der Waals surface area (Å²) in [6.45, 7) is 0. The molecule has 3 heteroatoms. The van der Waals surface area contributed by atoms with Gasteiger partial charge in [-0.3, -0.25) is 4.79 Å². The number of rotatable bonds is 3. The molecule has 0 spiro atoms. The zero-order valence-electron chi connectivity index (χ0n) is 24.7. The Morgan fingerprint density at radius 2 is 0.978 bits per heavy atom. The summed E-state index contributed by atoms with van der Waals surface area (Å²) in [5.41, 5.74) is 11.7. The molecule has 0 aliphatic rings. The number of fused-ring (bicyclic) bond motifs is 8. The topological polar surface area (TPSA) is 34.6 Å². The second-order valence-corrected chi connectivity index (χ2v) is 12.1. The largest absolute Gasteiger partial charge is 0.456 e. The maximum Gasteiger partial charge on any atom is 0.200 e. The molecule has 0 unspecified atom stereocenters. The Bertz CT molecular complexity index is 2890. The number of para-hydroxylation sites is 3. The lowest BCUT2D eigenvalue weighted by molar-refractivity contribution is 0.660. The minimum atomic E-state index is -0.00141. The van der Waals surface area contributed by atoms with Crippen molar-refractivity contribution in [2.45, 2.75) is 0 Å². The lowest BCUT2D eigenvalue weighted by Gasteiger charge is -2.10. The highest BCUT2D eigenvalue weighted by Crippen LogP contribution is 2.44. The van der Waals surface area contributed by atoms with E-state index in [9.17, 15) is 4.79 Å². The lowest BCUT2D eigenvalue weighted by Crippen LogP contribution is -2.01. The van der Waals surface area contributed by atoms with Crippen molar-refractivity contribution < 1.29 is 4.42 Å². The molecule has 0 radical (unpaired) electrons. The summed E-state index contributed by atoms with van der Waals surface area (Å²) in [6, 6.07) is 52.7. The van der Waals surface area contributed by atoms with E-state index in [0.717, 1.165) is 22.3 Å². The maximum absolute atomic E-state index is 13.1. The molecule has 10 aromatic rings. The summed E-state index contributed by atoms with van der Waals surface area (Å²) >= 11 is 0. The summed E-state index contributed by atoms with van der Waals surface area (Å²) in [4.78, 5) is 13.1. The Hall–Kier alpha value is -6.19. The van der Waals surface area contributed by atoms with E-state index in [1.807, 2.05) is 42.5 Å². The molecule has 0 atom stereocenters. The Balaban J connectivity index is 1.12. The number of nitrogens with zero attached hydrogens (tertiary/aromatic N) is 1. The van der Waals surface area contributed by atoms with Crippen molar-refractivity contribution in [2.75, 3.05) is 0 Å². The van der Waals surface area contributed by atoms with Crippen molar-refractivity contribution in [3.8, 4) is 33.4 Å². The highest BCUT2D eigenvalue weighted by Gasteiger charge is 2.20. The van der Waals surface area contributed by atoms with E-state index in [1.165, 1.54) is 49.2 Å². The zero-order chi connectivity index (χ0) is 30.4. The van der Waals surface area contributed by atoms with Crippen LogP contribution >= 0.6 is 0 Å². The summed E-state index contributed by atoms with van der Waals surface area (Å²) in [5.74, 6) is 0. The van der Waals surface area contributed by atoms with E-state index in [0.29, 0.717) is 21.9 Å². The van der Waals surface area contributed by atoms with Crippen molar-refractivity contribution in [1.82, 2.24) is 4.40 Å². The molecule has 0 fully saturated rings. The van der Waals surface area contributed by atoms with Gasteiger partial charge < -0.3 is 8.82 Å². The second kappa shape index (κ2) is 9.40. The fraction of sp³-hybridized carbons (Fsp3) is 0. The highest BCUT2D eigenvalue weighted by atomic mass is 16.3. The number of aromatic nitrogens is 1. The zero-order valence-corrected chi connectivity index (χ0v) is 24.7. The Kier molecular flexibility index (Phi) is 5.15. The van der Waals surface area contributed by atoms with E-state index in [2.05, 4.69) is 114 Å². The Morgan fingerprint density at radius 3 is 1.76 bits per heavy atom. The molecule has 0 amide bonds. The molecule has 214 valence electrons. The van der Waals surface area contributed by atoms with Crippen LogP contribution < -0.4 is 5.43 Å². The van der Waals surface area contributed by atoms with E-state index in [4.69, 9.17) is 4.42 Å². The summed E-state index contributed by atoms with van der Waals surface area (Å²) in [6.07, 6.45) is 0. The molecule has 0 bridgehead atoms. The van der Waals surface area contributed by atoms with Crippen LogP contribution in [0.25, 0.3) is 93.4 Å². The van der Waals surface area contributed by atoms with Gasteiger partial charge in [-0.2, -0.15) is 0 Å². The number of hydrogen-bond acceptors (Lipinski definition) is 2. The molecule has 0 aliphatic heterocycles. The number of benzene rings is 7. The fourth-order valence-electron chi connectivity index (χ4n) is 7.43. The van der Waals surface area contributed by atoms with Gasteiger partial charge in [0.15, 0.2) is 0 Å². The smallest absolute Gasteiger partial charge is 0.200 e. The molecule has 3 nitrogen and oxygen atoms in total. The van der Waals surface area contributed by atoms with Crippen molar-refractivity contribution in [1.29, 1.82) is 0 Å². The normalized spacial score (nSPS) is 12.0. The average molecular weight is 588 g/mol. The lowest BCUT2D eigenvalue weighted by atomic mass is 9.93. The predicted molar refractivity (Wildman–Crippen MR) is 191 cm³/mol. The molecule has 10 rings (SSSR count).